The van der Waals surface area contributed by atoms with Crippen LogP contribution in [0.4, 0.5) is 0 Å². The Balaban J connectivity index is 0.00000242. The van der Waals surface area contributed by atoms with E-state index in [0.29, 0.717) is 12.5 Å². The van der Waals surface area contributed by atoms with Crippen molar-refractivity contribution in [2.75, 3.05) is 33.3 Å². The first-order chi connectivity index (χ1) is 10.2. The second-order valence-electron chi connectivity index (χ2n) is 5.90. The summed E-state index contributed by atoms with van der Waals surface area (Å²) >= 11 is 0. The highest BCUT2D eigenvalue weighted by molar-refractivity contribution is 5.85. The van der Waals surface area contributed by atoms with Crippen LogP contribution in [-0.2, 0) is 16.1 Å². The number of ether oxygens (including phenoxy) is 1. The highest BCUT2D eigenvalue weighted by Crippen LogP contribution is 2.19. The van der Waals surface area contributed by atoms with E-state index in [1.54, 1.807) is 0 Å². The van der Waals surface area contributed by atoms with E-state index in [0.717, 1.165) is 32.7 Å². The summed E-state index contributed by atoms with van der Waals surface area (Å²) in [6.45, 7) is 5.82. The molecular weight excluding hydrogens is 300 g/mol. The fourth-order valence-corrected chi connectivity index (χ4v) is 2.79. The van der Waals surface area contributed by atoms with E-state index in [9.17, 15) is 4.79 Å². The van der Waals surface area contributed by atoms with Crippen molar-refractivity contribution in [3.05, 3.63) is 35.9 Å². The van der Waals surface area contributed by atoms with Crippen LogP contribution in [0.25, 0.3) is 0 Å². The maximum Gasteiger partial charge on any atom is 0.226 e. The van der Waals surface area contributed by atoms with Gasteiger partial charge >= 0.3 is 0 Å². The standard InChI is InChI=1S/C17H26N2O2.ClH/c1-14(10-18-2)17(20)19-9-8-16(11-19)13-21-12-15-6-4-3-5-7-15;/h3-7,14,16,18H,8-13H2,1-2H3;1H. The number of rotatable bonds is 7. The Morgan fingerprint density at radius 3 is 2.82 bits per heavy atom. The van der Waals surface area contributed by atoms with Gasteiger partial charge in [0.05, 0.1) is 13.2 Å². The second kappa shape index (κ2) is 9.82. The van der Waals surface area contributed by atoms with Gasteiger partial charge in [-0.3, -0.25) is 4.79 Å². The first-order valence-electron chi connectivity index (χ1n) is 7.75. The van der Waals surface area contributed by atoms with E-state index < -0.39 is 0 Å². The largest absolute Gasteiger partial charge is 0.376 e. The summed E-state index contributed by atoms with van der Waals surface area (Å²) in [4.78, 5) is 14.2. The topological polar surface area (TPSA) is 41.6 Å². The Morgan fingerprint density at radius 1 is 1.41 bits per heavy atom. The zero-order valence-corrected chi connectivity index (χ0v) is 14.3. The van der Waals surface area contributed by atoms with Crippen LogP contribution in [0.1, 0.15) is 18.9 Å². The van der Waals surface area contributed by atoms with Crippen molar-refractivity contribution in [3.8, 4) is 0 Å². The van der Waals surface area contributed by atoms with E-state index in [1.165, 1.54) is 5.56 Å². The average molecular weight is 327 g/mol. The van der Waals surface area contributed by atoms with Gasteiger partial charge in [0.1, 0.15) is 0 Å². The molecule has 2 atom stereocenters. The van der Waals surface area contributed by atoms with Crippen molar-refractivity contribution in [1.82, 2.24) is 10.2 Å². The zero-order valence-electron chi connectivity index (χ0n) is 13.5. The molecule has 0 aromatic heterocycles. The van der Waals surface area contributed by atoms with Crippen LogP contribution >= 0.6 is 12.4 Å². The number of nitrogens with one attached hydrogen (secondary N) is 1. The number of carbonyl (C=O) groups is 1. The minimum atomic E-state index is 0. The molecule has 1 N–H and O–H groups in total. The van der Waals surface area contributed by atoms with Crippen molar-refractivity contribution in [2.45, 2.75) is 20.0 Å². The van der Waals surface area contributed by atoms with Crippen LogP contribution in [0, 0.1) is 11.8 Å². The van der Waals surface area contributed by atoms with Crippen molar-refractivity contribution in [2.24, 2.45) is 11.8 Å². The summed E-state index contributed by atoms with van der Waals surface area (Å²) in [5.74, 6) is 0.786. The highest BCUT2D eigenvalue weighted by Gasteiger charge is 2.28. The quantitative estimate of drug-likeness (QED) is 0.836. The molecule has 5 heteroatoms. The molecule has 1 heterocycles. The lowest BCUT2D eigenvalue weighted by atomic mass is 10.1. The van der Waals surface area contributed by atoms with E-state index >= 15 is 0 Å². The Labute approximate surface area is 139 Å². The predicted octanol–water partition coefficient (Wildman–Crippen LogP) is 2.33. The molecule has 0 spiro atoms. The second-order valence-corrected chi connectivity index (χ2v) is 5.90. The molecule has 1 fully saturated rings. The summed E-state index contributed by atoms with van der Waals surface area (Å²) in [5.41, 5.74) is 1.20. The van der Waals surface area contributed by atoms with Crippen LogP contribution in [0.2, 0.25) is 0 Å². The summed E-state index contributed by atoms with van der Waals surface area (Å²) in [6.07, 6.45) is 1.05. The van der Waals surface area contributed by atoms with Gasteiger partial charge in [0, 0.05) is 31.5 Å². The lowest BCUT2D eigenvalue weighted by Gasteiger charge is -2.21. The summed E-state index contributed by atoms with van der Waals surface area (Å²) < 4.78 is 5.79. The molecular formula is C17H27ClN2O2. The van der Waals surface area contributed by atoms with Gasteiger partial charge in [-0.05, 0) is 19.0 Å². The van der Waals surface area contributed by atoms with Crippen LogP contribution in [0.5, 0.6) is 0 Å². The van der Waals surface area contributed by atoms with E-state index in [1.807, 2.05) is 37.1 Å². The maximum absolute atomic E-state index is 12.2. The molecule has 2 rings (SSSR count). The molecule has 0 bridgehead atoms. The van der Waals surface area contributed by atoms with E-state index in [-0.39, 0.29) is 24.2 Å². The zero-order chi connectivity index (χ0) is 15.1. The summed E-state index contributed by atoms with van der Waals surface area (Å²) in [5, 5.41) is 3.06. The van der Waals surface area contributed by atoms with Crippen molar-refractivity contribution in [3.63, 3.8) is 0 Å². The van der Waals surface area contributed by atoms with E-state index in [2.05, 4.69) is 17.4 Å². The molecule has 124 valence electrons. The lowest BCUT2D eigenvalue weighted by Crippen LogP contribution is -2.37. The van der Waals surface area contributed by atoms with Gasteiger partial charge in [-0.1, -0.05) is 37.3 Å². The van der Waals surface area contributed by atoms with Gasteiger partial charge in [0.15, 0.2) is 0 Å². The number of likely N-dealkylation sites (tertiary alicyclic amines) is 1. The van der Waals surface area contributed by atoms with Crippen molar-refractivity contribution >= 4 is 18.3 Å². The molecule has 4 nitrogen and oxygen atoms in total. The molecule has 0 radical (unpaired) electrons. The number of carbonyl (C=O) groups excluding carboxylic acids is 1. The predicted molar refractivity (Wildman–Crippen MR) is 91.1 cm³/mol. The monoisotopic (exact) mass is 326 g/mol. The number of nitrogens with zero attached hydrogens (tertiary/aromatic N) is 1. The Bertz CT molecular complexity index is 442. The molecule has 0 aliphatic carbocycles. The molecule has 0 saturated carbocycles. The number of benzene rings is 1. The number of halogens is 1. The van der Waals surface area contributed by atoms with Crippen LogP contribution in [0.15, 0.2) is 30.3 Å². The third-order valence-electron chi connectivity index (χ3n) is 3.99. The minimum Gasteiger partial charge on any atom is -0.376 e. The molecule has 1 amide bonds. The van der Waals surface area contributed by atoms with Crippen molar-refractivity contribution in [1.29, 1.82) is 0 Å². The Hall–Kier alpha value is -1.10. The maximum atomic E-state index is 12.2. The molecule has 1 aromatic rings. The molecule has 1 saturated heterocycles. The minimum absolute atomic E-state index is 0. The fraction of sp³-hybridized carbons (Fsp3) is 0.588. The van der Waals surface area contributed by atoms with Crippen LogP contribution in [0.3, 0.4) is 0 Å². The van der Waals surface area contributed by atoms with Gasteiger partial charge in [-0.25, -0.2) is 0 Å². The highest BCUT2D eigenvalue weighted by atomic mass is 35.5. The van der Waals surface area contributed by atoms with E-state index in [4.69, 9.17) is 4.74 Å². The molecule has 1 aliphatic heterocycles. The third kappa shape index (κ3) is 5.59. The lowest BCUT2D eigenvalue weighted by molar-refractivity contribution is -0.133. The molecule has 22 heavy (non-hydrogen) atoms. The van der Waals surface area contributed by atoms with Crippen molar-refractivity contribution < 1.29 is 9.53 Å². The molecule has 1 aromatic carbocycles. The van der Waals surface area contributed by atoms with Gasteiger partial charge in [0.2, 0.25) is 5.91 Å². The fourth-order valence-electron chi connectivity index (χ4n) is 2.79. The average Bonchev–Trinajstić information content (AvgIpc) is 2.96. The number of hydrogen-bond acceptors (Lipinski definition) is 3. The first-order valence-corrected chi connectivity index (χ1v) is 7.75. The van der Waals surface area contributed by atoms with Gasteiger partial charge in [-0.2, -0.15) is 0 Å². The van der Waals surface area contributed by atoms with Gasteiger partial charge in [-0.15, -0.1) is 12.4 Å². The van der Waals surface area contributed by atoms with Gasteiger partial charge in [0.25, 0.3) is 0 Å². The Morgan fingerprint density at radius 2 is 2.14 bits per heavy atom. The number of amides is 1. The Kier molecular flexibility index (Phi) is 8.46. The molecule has 2 unspecified atom stereocenters. The van der Waals surface area contributed by atoms with Gasteiger partial charge < -0.3 is 15.0 Å². The van der Waals surface area contributed by atoms with Crippen LogP contribution < -0.4 is 5.32 Å². The summed E-state index contributed by atoms with van der Waals surface area (Å²) in [7, 11) is 1.88. The normalized spacial score (nSPS) is 18.8. The van der Waals surface area contributed by atoms with Crippen LogP contribution in [-0.4, -0.2) is 44.1 Å². The number of hydrogen-bond donors (Lipinski definition) is 1. The third-order valence-corrected chi connectivity index (χ3v) is 3.99. The first kappa shape index (κ1) is 18.9. The smallest absolute Gasteiger partial charge is 0.226 e. The molecule has 1 aliphatic rings. The SMILES string of the molecule is CNCC(C)C(=O)N1CCC(COCc2ccccc2)C1.Cl. The summed E-state index contributed by atoms with van der Waals surface area (Å²) in [6, 6.07) is 10.2.